The molecule has 0 bridgehead atoms. The van der Waals surface area contributed by atoms with Crippen LogP contribution in [-0.2, 0) is 68.0 Å². The van der Waals surface area contributed by atoms with Crippen LogP contribution < -0.4 is 9.47 Å². The Hall–Kier alpha value is -12.7. The normalized spacial score (nSPS) is 19.5. The van der Waals surface area contributed by atoms with E-state index < -0.39 is 134 Å². The van der Waals surface area contributed by atoms with E-state index in [9.17, 15) is 48.6 Å². The van der Waals surface area contributed by atoms with Crippen LogP contribution in [0.25, 0.3) is 0 Å². The molecule has 12 atom stereocenters. The molecular weight excluding hydrogens is 1590 g/mol. The van der Waals surface area contributed by atoms with Crippen LogP contribution >= 0.6 is 0 Å². The van der Waals surface area contributed by atoms with Gasteiger partial charge in [-0.05, 0) is 172 Å². The van der Waals surface area contributed by atoms with Crippen LogP contribution in [0.5, 0.6) is 11.5 Å². The Morgan fingerprint density at radius 1 is 0.258 bits per heavy atom. The van der Waals surface area contributed by atoms with Crippen molar-refractivity contribution in [3.8, 4) is 11.5 Å². The number of rotatable bonds is 43. The van der Waals surface area contributed by atoms with Gasteiger partial charge in [-0.2, -0.15) is 0 Å². The molecule has 2 aliphatic rings. The molecule has 0 spiro atoms. The van der Waals surface area contributed by atoms with Crippen LogP contribution in [0.3, 0.4) is 0 Å². The molecule has 0 aliphatic carbocycles. The highest BCUT2D eigenvalue weighted by Crippen LogP contribution is 2.42. The molecule has 12 rings (SSSR count). The summed E-state index contributed by atoms with van der Waals surface area (Å²) in [7, 11) is 0. The molecule has 0 aromatic heterocycles. The summed E-state index contributed by atoms with van der Waals surface area (Å²) in [5, 5.41) is 24.0. The van der Waals surface area contributed by atoms with E-state index in [-0.39, 0.29) is 57.7 Å². The lowest BCUT2D eigenvalue weighted by Crippen LogP contribution is -2.63. The van der Waals surface area contributed by atoms with Gasteiger partial charge in [0.1, 0.15) is 48.1 Å². The Bertz CT molecular complexity index is 4670. The number of ether oxygens (including phenoxy) is 14. The third kappa shape index (κ3) is 25.5. The minimum absolute atomic E-state index is 0.113. The van der Waals surface area contributed by atoms with Crippen LogP contribution in [0.15, 0.2) is 291 Å². The Kier molecular flexibility index (Phi) is 33.6. The van der Waals surface area contributed by atoms with Crippen molar-refractivity contribution in [2.45, 2.75) is 164 Å². The maximum Gasteiger partial charge on any atom is 0.338 e. The third-order valence-corrected chi connectivity index (χ3v) is 21.4. The molecule has 0 amide bonds. The van der Waals surface area contributed by atoms with Crippen LogP contribution in [-0.4, -0.2) is 159 Å². The van der Waals surface area contributed by atoms with Gasteiger partial charge in [-0.15, -0.1) is 0 Å². The van der Waals surface area contributed by atoms with Crippen molar-refractivity contribution in [3.05, 3.63) is 347 Å². The quantitative estimate of drug-likeness (QED) is 0.0204. The fraction of sp³-hybridized carbons (Fsp3) is 0.320. The zero-order valence-electron chi connectivity index (χ0n) is 69.1. The molecule has 10 aromatic rings. The van der Waals surface area contributed by atoms with Crippen molar-refractivity contribution in [2.24, 2.45) is 0 Å². The minimum atomic E-state index is -1.73. The molecule has 124 heavy (non-hydrogen) atoms. The second-order valence-corrected chi connectivity index (χ2v) is 30.3. The van der Waals surface area contributed by atoms with E-state index in [2.05, 4.69) is 0 Å². The monoisotopic (exact) mass is 1690 g/mol. The van der Waals surface area contributed by atoms with Gasteiger partial charge in [-0.1, -0.05) is 221 Å². The third-order valence-electron chi connectivity index (χ3n) is 21.4. The number of benzene rings is 10. The molecule has 0 radical (unpaired) electrons. The van der Waals surface area contributed by atoms with Gasteiger partial charge >= 0.3 is 47.8 Å². The molecule has 2 unspecified atom stereocenters. The van der Waals surface area contributed by atoms with Crippen LogP contribution in [0.2, 0.25) is 0 Å². The van der Waals surface area contributed by atoms with Gasteiger partial charge in [0, 0.05) is 13.2 Å². The molecule has 24 heteroatoms. The molecule has 0 saturated carbocycles. The van der Waals surface area contributed by atoms with Crippen LogP contribution in [0, 0.1) is 0 Å². The second-order valence-electron chi connectivity index (χ2n) is 30.3. The van der Waals surface area contributed by atoms with Gasteiger partial charge in [0.05, 0.1) is 57.7 Å². The van der Waals surface area contributed by atoms with Gasteiger partial charge < -0.3 is 76.5 Å². The summed E-state index contributed by atoms with van der Waals surface area (Å²) >= 11 is 0. The average molecular weight is 1690 g/mol. The summed E-state index contributed by atoms with van der Waals surface area (Å²) in [5.74, 6) is -5.01. The molecule has 2 aliphatic heterocycles. The van der Waals surface area contributed by atoms with Crippen molar-refractivity contribution in [2.75, 3.05) is 39.6 Å². The maximum absolute atomic E-state index is 14.1. The number of esters is 8. The second kappa shape index (κ2) is 46.0. The Morgan fingerprint density at radius 3 is 0.718 bits per heavy atom. The van der Waals surface area contributed by atoms with Gasteiger partial charge in [0.15, 0.2) is 49.2 Å². The van der Waals surface area contributed by atoms with E-state index >= 15 is 0 Å². The lowest BCUT2D eigenvalue weighted by molar-refractivity contribution is -0.298. The lowest BCUT2D eigenvalue weighted by atomic mass is 9.76. The maximum atomic E-state index is 14.1. The van der Waals surface area contributed by atoms with Crippen molar-refractivity contribution in [3.63, 3.8) is 0 Å². The Morgan fingerprint density at radius 2 is 0.468 bits per heavy atom. The van der Waals surface area contributed by atoms with Crippen LogP contribution in [0.4, 0.5) is 0 Å². The highest BCUT2D eigenvalue weighted by Gasteiger charge is 2.56. The smallest absolute Gasteiger partial charge is 0.338 e. The van der Waals surface area contributed by atoms with Crippen molar-refractivity contribution in [1.29, 1.82) is 0 Å². The van der Waals surface area contributed by atoms with Crippen molar-refractivity contribution < 1.29 is 115 Å². The standard InChI is InChI=1S/C100H102O24/c1-99(109,77-55-59-79(60-56-77)111-63-35-7-3-5-9-37-65-113-97-87(123-95(107)75-51-31-17-32-52-75)85(121-93(105)73-47-27-15-28-48-73)83(119-91(103)71-43-23-13-24-44-71)81(117-97)67-115-89(101)69-39-19-11-20-40-69)100(2,110)78-57-61-80(62-58-78)112-64-36-8-4-6-10-38-66-114-98-88(124-96(108)76-53-33-18-34-54-76)86(122-94(106)74-49-29-16-30-50-74)84(120-92(104)72-45-25-14-26-46-72)82(118-98)68-116-90(102)70-41-21-12-22-42-70/h11-34,39-62,81-88,97-98,109-110H,3-10,35-38,63-68H2,1-2H3/t81-,82-,83-,84-,85+,86+,87-,88-,97-,98-,99?,100?/m1/s1. The predicted octanol–water partition coefficient (Wildman–Crippen LogP) is 16.8. The number of aliphatic hydroxyl groups is 2. The summed E-state index contributed by atoms with van der Waals surface area (Å²) in [5.41, 5.74) is -0.960. The summed E-state index contributed by atoms with van der Waals surface area (Å²) < 4.78 is 86.7. The first-order chi connectivity index (χ1) is 60.4. The van der Waals surface area contributed by atoms with E-state index in [1.54, 1.807) is 305 Å². The highest BCUT2D eigenvalue weighted by molar-refractivity contribution is 5.94. The van der Waals surface area contributed by atoms with E-state index in [1.807, 2.05) is 0 Å². The first-order valence-corrected chi connectivity index (χ1v) is 41.8. The Labute approximate surface area is 720 Å². The molecule has 2 saturated heterocycles. The van der Waals surface area contributed by atoms with Gasteiger partial charge in [0.2, 0.25) is 0 Å². The van der Waals surface area contributed by atoms with Gasteiger partial charge in [-0.25, -0.2) is 38.4 Å². The number of unbranched alkanes of at least 4 members (excludes halogenated alkanes) is 10. The minimum Gasteiger partial charge on any atom is -0.494 e. The predicted molar refractivity (Wildman–Crippen MR) is 455 cm³/mol. The number of hydrogen-bond acceptors (Lipinski definition) is 24. The molecule has 24 nitrogen and oxygen atoms in total. The molecular formula is C100H102O24. The fourth-order valence-electron chi connectivity index (χ4n) is 14.2. The zero-order valence-corrected chi connectivity index (χ0v) is 69.1. The highest BCUT2D eigenvalue weighted by atomic mass is 16.7. The van der Waals surface area contributed by atoms with Crippen molar-refractivity contribution in [1.82, 2.24) is 0 Å². The largest absolute Gasteiger partial charge is 0.494 e. The van der Waals surface area contributed by atoms with Gasteiger partial charge in [-0.3, -0.25) is 0 Å². The van der Waals surface area contributed by atoms with Gasteiger partial charge in [0.25, 0.3) is 0 Å². The summed E-state index contributed by atoms with van der Waals surface area (Å²) in [4.78, 5) is 111. The van der Waals surface area contributed by atoms with E-state index in [4.69, 9.17) is 66.3 Å². The first kappa shape index (κ1) is 90.5. The molecule has 2 fully saturated rings. The number of hydrogen-bond donors (Lipinski definition) is 2. The molecule has 646 valence electrons. The molecule has 2 N–H and O–H groups in total. The molecule has 2 heterocycles. The van der Waals surface area contributed by atoms with E-state index in [0.29, 0.717) is 48.7 Å². The number of carbonyl (C=O) groups excluding carboxylic acids is 8. The SMILES string of the molecule is CC(O)(c1ccc(OCCCCCCCCO[C@@H]2O[C@H](COC(=O)c3ccccc3)[C@@H](OC(=O)c3ccccc3)[C@H](OC(=O)c3ccccc3)[C@H]2OC(=O)c2ccccc2)cc1)C(C)(O)c1ccc(OCCCCCCCCO[C@@H]2O[C@H](COC(=O)c3ccccc3)[C@@H](OC(=O)c3ccccc3)[C@H](OC(=O)c3ccccc3)[C@H]2OC(=O)c2ccccc2)cc1. The lowest BCUT2D eigenvalue weighted by Gasteiger charge is -2.44. The summed E-state index contributed by atoms with van der Waals surface area (Å²) in [6, 6.07) is 79.6. The van der Waals surface area contributed by atoms with E-state index in [0.717, 1.165) is 64.2 Å². The van der Waals surface area contributed by atoms with Crippen LogP contribution in [0.1, 0.15) is 185 Å². The number of carbonyl (C=O) groups is 8. The zero-order chi connectivity index (χ0) is 86.9. The molecule has 10 aromatic carbocycles. The summed E-state index contributed by atoms with van der Waals surface area (Å²) in [6.07, 6.45) is -5.27. The Balaban J connectivity index is 0.583. The fourth-order valence-corrected chi connectivity index (χ4v) is 14.2. The first-order valence-electron chi connectivity index (χ1n) is 41.8. The van der Waals surface area contributed by atoms with Crippen molar-refractivity contribution >= 4 is 47.8 Å². The average Bonchev–Trinajstić information content (AvgIpc) is 0.784. The summed E-state index contributed by atoms with van der Waals surface area (Å²) in [6.45, 7) is 3.26. The van der Waals surface area contributed by atoms with E-state index in [1.165, 1.54) is 0 Å². The topological polar surface area (TPSA) is 306 Å².